The number of nitrogens with zero attached hydrogens (tertiary/aromatic N) is 8. The fraction of sp³-hybridized carbons (Fsp3) is 0.286. The molecule has 6 aromatic rings. The van der Waals surface area contributed by atoms with Crippen LogP contribution in [0.1, 0.15) is 21.1 Å². The number of halogens is 2. The first kappa shape index (κ1) is 37.0. The smallest absolute Gasteiger partial charge is 0.360 e. The molecule has 0 unspecified atom stereocenters. The van der Waals surface area contributed by atoms with Crippen LogP contribution in [0.25, 0.3) is 22.0 Å². The lowest BCUT2D eigenvalue weighted by Crippen LogP contribution is -2.36. The molecule has 0 bridgehead atoms. The number of hydrogen-bond acceptors (Lipinski definition) is 15. The highest BCUT2D eigenvalue weighted by Gasteiger charge is 2.22. The van der Waals surface area contributed by atoms with Gasteiger partial charge < -0.3 is 34.2 Å². The van der Waals surface area contributed by atoms with Crippen molar-refractivity contribution in [3.8, 4) is 22.2 Å². The first-order valence-electron chi connectivity index (χ1n) is 16.6. The highest BCUT2D eigenvalue weighted by atomic mass is 35.5. The van der Waals surface area contributed by atoms with Crippen LogP contribution in [0.4, 0.5) is 11.4 Å². The van der Waals surface area contributed by atoms with Gasteiger partial charge in [0.1, 0.15) is 16.3 Å². The van der Waals surface area contributed by atoms with E-state index in [0.717, 1.165) is 50.2 Å². The number of hydrogen-bond donors (Lipinski definition) is 2. The molecule has 0 saturated carbocycles. The number of carbonyl (C=O) groups excluding carboxylic acids is 1. The molecule has 280 valence electrons. The van der Waals surface area contributed by atoms with Gasteiger partial charge in [0.05, 0.1) is 55.0 Å². The monoisotopic (exact) mass is 794 g/mol. The molecular weight excluding hydrogens is 763 g/mol. The van der Waals surface area contributed by atoms with Gasteiger partial charge in [-0.15, -0.1) is 10.2 Å². The predicted molar refractivity (Wildman–Crippen MR) is 202 cm³/mol. The van der Waals surface area contributed by atoms with Crippen LogP contribution in [0.2, 0.25) is 10.0 Å². The summed E-state index contributed by atoms with van der Waals surface area (Å²) in [4.78, 5) is 49.3. The number of ether oxygens (including phenoxy) is 3. The maximum atomic E-state index is 12.9. The van der Waals surface area contributed by atoms with Gasteiger partial charge in [-0.25, -0.2) is 14.8 Å². The quantitative estimate of drug-likeness (QED) is 0.233. The number of esters is 1. The Hall–Kier alpha value is -5.33. The van der Waals surface area contributed by atoms with E-state index in [-0.39, 0.29) is 17.0 Å². The largest absolute Gasteiger partial charge is 0.501 e. The zero-order valence-electron chi connectivity index (χ0n) is 28.6. The van der Waals surface area contributed by atoms with Gasteiger partial charge in [-0.3, -0.25) is 18.4 Å². The van der Waals surface area contributed by atoms with Gasteiger partial charge >= 0.3 is 17.1 Å². The molecule has 2 aliphatic rings. The van der Waals surface area contributed by atoms with Crippen LogP contribution in [-0.4, -0.2) is 105 Å². The van der Waals surface area contributed by atoms with Crippen LogP contribution in [0, 0.1) is 0 Å². The summed E-state index contributed by atoms with van der Waals surface area (Å²) in [6, 6.07) is 12.5. The van der Waals surface area contributed by atoms with E-state index in [1.54, 1.807) is 36.7 Å². The first-order chi connectivity index (χ1) is 26.1. The standard InChI is InChI=1S/C21H17Cl2N5O3S.C14H15N3O5/c22-14-3-1-12(9-15(14)23)10-17-25-26-20(32-17)18-19(29)21(30)28-11-13(2-4-16(28)24-18)27-5-7-31-8-6-27;1-21-14(20)11-12(18)13(19)17-8-9(2-3-10(17)15-11)16-4-6-22-7-5-16/h1-4,9,11,29H,5-8,10H2;2-3,8,18H,4-7H2,1H3. The van der Waals surface area contributed by atoms with Crippen LogP contribution in [-0.2, 0) is 20.6 Å². The molecule has 0 amide bonds. The summed E-state index contributed by atoms with van der Waals surface area (Å²) in [7, 11) is 1.16. The topological polar surface area (TPSA) is 186 Å². The zero-order chi connectivity index (χ0) is 37.9. The van der Waals surface area contributed by atoms with Crippen LogP contribution >= 0.6 is 34.5 Å². The van der Waals surface area contributed by atoms with E-state index in [1.807, 2.05) is 18.2 Å². The Bertz CT molecular complexity index is 2480. The van der Waals surface area contributed by atoms with Crippen LogP contribution in [0.3, 0.4) is 0 Å². The summed E-state index contributed by atoms with van der Waals surface area (Å²) in [5.74, 6) is -2.03. The van der Waals surface area contributed by atoms with Gasteiger partial charge in [0.2, 0.25) is 11.5 Å². The van der Waals surface area contributed by atoms with E-state index < -0.39 is 28.6 Å². The first-order valence-corrected chi connectivity index (χ1v) is 18.2. The van der Waals surface area contributed by atoms with Crippen LogP contribution in [0.5, 0.6) is 11.5 Å². The van der Waals surface area contributed by atoms with Crippen LogP contribution in [0.15, 0.2) is 64.4 Å². The highest BCUT2D eigenvalue weighted by Crippen LogP contribution is 2.30. The Morgan fingerprint density at radius 3 is 1.94 bits per heavy atom. The molecular formula is C35H32Cl2N8O8S. The molecule has 16 nitrogen and oxygen atoms in total. The number of carbonyl (C=O) groups is 1. The van der Waals surface area contributed by atoms with Crippen molar-refractivity contribution in [3.63, 3.8) is 0 Å². The summed E-state index contributed by atoms with van der Waals surface area (Å²) in [6.45, 7) is 5.44. The molecule has 0 spiro atoms. The van der Waals surface area contributed by atoms with Crippen molar-refractivity contribution < 1.29 is 29.2 Å². The van der Waals surface area contributed by atoms with E-state index in [1.165, 1.54) is 20.1 Å². The molecule has 2 aliphatic heterocycles. The minimum absolute atomic E-state index is 0.118. The molecule has 19 heteroatoms. The molecule has 2 saturated heterocycles. The predicted octanol–water partition coefficient (Wildman–Crippen LogP) is 3.68. The normalized spacial score (nSPS) is 14.6. The highest BCUT2D eigenvalue weighted by molar-refractivity contribution is 7.14. The molecule has 1 aromatic carbocycles. The number of pyridine rings is 2. The van der Waals surface area contributed by atoms with Crippen molar-refractivity contribution >= 4 is 63.2 Å². The van der Waals surface area contributed by atoms with Crippen LogP contribution < -0.4 is 20.9 Å². The third kappa shape index (κ3) is 7.67. The van der Waals surface area contributed by atoms with Crippen molar-refractivity contribution in [1.82, 2.24) is 29.0 Å². The van der Waals surface area contributed by atoms with Gasteiger partial charge in [0, 0.05) is 45.0 Å². The van der Waals surface area contributed by atoms with Crippen molar-refractivity contribution in [2.45, 2.75) is 6.42 Å². The molecule has 54 heavy (non-hydrogen) atoms. The Kier molecular flexibility index (Phi) is 10.9. The van der Waals surface area contributed by atoms with Gasteiger partial charge in [0.15, 0.2) is 16.4 Å². The summed E-state index contributed by atoms with van der Waals surface area (Å²) in [6.07, 6.45) is 3.77. The maximum absolute atomic E-state index is 12.9. The van der Waals surface area contributed by atoms with Crippen molar-refractivity contribution in [3.05, 3.63) is 102 Å². The van der Waals surface area contributed by atoms with Crippen molar-refractivity contribution in [1.29, 1.82) is 0 Å². The Morgan fingerprint density at radius 2 is 1.37 bits per heavy atom. The number of morpholine rings is 2. The zero-order valence-corrected chi connectivity index (χ0v) is 31.0. The summed E-state index contributed by atoms with van der Waals surface area (Å²) < 4.78 is 17.7. The van der Waals surface area contributed by atoms with E-state index in [4.69, 9.17) is 32.7 Å². The number of benzene rings is 1. The SMILES string of the molecule is COC(=O)c1nc2ccc(N3CCOCC3)cn2c(=O)c1O.O=c1c(O)c(-c2nnc(Cc3ccc(Cl)c(Cl)c3)s2)nc2ccc(N3CCOCC3)cn12. The number of rotatable bonds is 6. The molecule has 0 atom stereocenters. The second-order valence-corrected chi connectivity index (χ2v) is 14.0. The number of fused-ring (bicyclic) bond motifs is 2. The lowest BCUT2D eigenvalue weighted by atomic mass is 10.2. The minimum atomic E-state index is -0.852. The molecule has 0 aliphatic carbocycles. The average Bonchev–Trinajstić information content (AvgIpc) is 3.67. The molecule has 2 N–H and O–H groups in total. The van der Waals surface area contributed by atoms with E-state index in [9.17, 15) is 24.6 Å². The lowest BCUT2D eigenvalue weighted by Gasteiger charge is -2.28. The molecule has 2 fully saturated rings. The Balaban J connectivity index is 0.000000179. The number of anilines is 2. The fourth-order valence-corrected chi connectivity index (χ4v) is 7.07. The Morgan fingerprint density at radius 1 is 0.796 bits per heavy atom. The fourth-order valence-electron chi connectivity index (χ4n) is 5.89. The second kappa shape index (κ2) is 16.0. The molecule has 8 rings (SSSR count). The lowest BCUT2D eigenvalue weighted by molar-refractivity contribution is 0.0590. The van der Waals surface area contributed by atoms with Gasteiger partial charge in [-0.05, 0) is 42.0 Å². The third-order valence-corrected chi connectivity index (χ3v) is 10.4. The third-order valence-electron chi connectivity index (χ3n) is 8.71. The number of aromatic nitrogens is 6. The minimum Gasteiger partial charge on any atom is -0.501 e. The van der Waals surface area contributed by atoms with E-state index in [0.29, 0.717) is 58.6 Å². The van der Waals surface area contributed by atoms with E-state index in [2.05, 4.69) is 34.7 Å². The number of aromatic hydroxyl groups is 2. The van der Waals surface area contributed by atoms with Crippen molar-refractivity contribution in [2.75, 3.05) is 69.5 Å². The second-order valence-electron chi connectivity index (χ2n) is 12.1. The van der Waals surface area contributed by atoms with Gasteiger partial charge in [-0.2, -0.15) is 0 Å². The molecule has 0 radical (unpaired) electrons. The van der Waals surface area contributed by atoms with Crippen molar-refractivity contribution in [2.24, 2.45) is 0 Å². The summed E-state index contributed by atoms with van der Waals surface area (Å²) in [5, 5.41) is 30.8. The number of methoxy groups -OCH3 is 1. The van der Waals surface area contributed by atoms with Gasteiger partial charge in [-0.1, -0.05) is 40.6 Å². The molecule has 7 heterocycles. The van der Waals surface area contributed by atoms with Gasteiger partial charge in [0.25, 0.3) is 0 Å². The maximum Gasteiger partial charge on any atom is 0.360 e. The van der Waals surface area contributed by atoms with E-state index >= 15 is 0 Å². The Labute approximate surface area is 320 Å². The summed E-state index contributed by atoms with van der Waals surface area (Å²) in [5.41, 5.74) is 1.77. The average molecular weight is 796 g/mol. The molecule has 5 aromatic heterocycles. The summed E-state index contributed by atoms with van der Waals surface area (Å²) >= 11 is 13.3.